The number of nitrogens with zero attached hydrogens (tertiary/aromatic N) is 1. The average molecular weight is 292 g/mol. The fraction of sp³-hybridized carbons (Fsp3) is 0.562. The van der Waals surface area contributed by atoms with Gasteiger partial charge in [-0.25, -0.2) is 4.39 Å². The minimum Gasteiger partial charge on any atom is -0.494 e. The van der Waals surface area contributed by atoms with E-state index < -0.39 is 5.82 Å². The van der Waals surface area contributed by atoms with Crippen molar-refractivity contribution in [2.24, 2.45) is 5.92 Å². The molecule has 1 saturated heterocycles. The summed E-state index contributed by atoms with van der Waals surface area (Å²) < 4.78 is 18.9. The predicted molar refractivity (Wildman–Crippen MR) is 77.3 cm³/mol. The summed E-state index contributed by atoms with van der Waals surface area (Å²) in [5.41, 5.74) is 0.777. The van der Waals surface area contributed by atoms with Gasteiger partial charge in [-0.3, -0.25) is 10.1 Å². The molecule has 0 spiro atoms. The molecule has 1 heterocycles. The Bertz CT molecular complexity index is 549. The minimum atomic E-state index is -0.393. The van der Waals surface area contributed by atoms with Crippen molar-refractivity contribution in [2.45, 2.75) is 38.4 Å². The Morgan fingerprint density at radius 2 is 2.19 bits per heavy atom. The van der Waals surface area contributed by atoms with Crippen LogP contribution in [0.15, 0.2) is 18.2 Å². The highest BCUT2D eigenvalue weighted by Gasteiger charge is 2.39. The fourth-order valence-corrected chi connectivity index (χ4v) is 3.49. The lowest BCUT2D eigenvalue weighted by Gasteiger charge is -2.30. The highest BCUT2D eigenvalue weighted by atomic mass is 19.1. The number of ether oxygens (including phenoxy) is 1. The van der Waals surface area contributed by atoms with Crippen LogP contribution in [0.1, 0.15) is 37.9 Å². The number of hydrogen-bond donors (Lipinski definition) is 1. The van der Waals surface area contributed by atoms with Gasteiger partial charge in [0.1, 0.15) is 6.17 Å². The Hall–Kier alpha value is -1.62. The van der Waals surface area contributed by atoms with E-state index >= 15 is 0 Å². The summed E-state index contributed by atoms with van der Waals surface area (Å²) in [6, 6.07) is 5.16. The highest BCUT2D eigenvalue weighted by molar-refractivity contribution is 5.81. The maximum absolute atomic E-state index is 13.9. The zero-order valence-corrected chi connectivity index (χ0v) is 12.4. The van der Waals surface area contributed by atoms with Crippen LogP contribution in [0.25, 0.3) is 0 Å². The number of hydrogen-bond acceptors (Lipinski definition) is 3. The molecule has 5 heteroatoms. The summed E-state index contributed by atoms with van der Waals surface area (Å²) in [7, 11) is 1.45. The van der Waals surface area contributed by atoms with Gasteiger partial charge in [0.25, 0.3) is 0 Å². The number of methoxy groups -OCH3 is 1. The van der Waals surface area contributed by atoms with Gasteiger partial charge in [-0.15, -0.1) is 0 Å². The summed E-state index contributed by atoms with van der Waals surface area (Å²) in [6.45, 7) is 2.54. The van der Waals surface area contributed by atoms with Gasteiger partial charge in [0.2, 0.25) is 5.91 Å². The molecule has 1 amide bonds. The van der Waals surface area contributed by atoms with Crippen LogP contribution in [0.5, 0.6) is 5.75 Å². The van der Waals surface area contributed by atoms with Crippen LogP contribution in [0.4, 0.5) is 4.39 Å². The molecule has 21 heavy (non-hydrogen) atoms. The second kappa shape index (κ2) is 5.64. The number of nitrogens with one attached hydrogen (secondary N) is 1. The Labute approximate surface area is 124 Å². The molecule has 0 aromatic heterocycles. The number of benzene rings is 1. The van der Waals surface area contributed by atoms with E-state index in [0.29, 0.717) is 12.5 Å². The van der Waals surface area contributed by atoms with Gasteiger partial charge in [-0.2, -0.15) is 0 Å². The van der Waals surface area contributed by atoms with Gasteiger partial charge in [-0.05, 0) is 42.9 Å². The fourth-order valence-electron chi connectivity index (χ4n) is 3.49. The van der Waals surface area contributed by atoms with Crippen LogP contribution in [-0.2, 0) is 4.79 Å². The van der Waals surface area contributed by atoms with Crippen LogP contribution in [0, 0.1) is 11.7 Å². The number of carbonyl (C=O) groups is 1. The number of rotatable bonds is 3. The molecule has 114 valence electrons. The Kier molecular flexibility index (Phi) is 3.85. The van der Waals surface area contributed by atoms with Crippen molar-refractivity contribution in [1.29, 1.82) is 0 Å². The maximum Gasteiger partial charge on any atom is 0.238 e. The number of carbonyl (C=O) groups excluding carboxylic acids is 1. The molecule has 0 radical (unpaired) electrons. The molecule has 3 rings (SSSR count). The highest BCUT2D eigenvalue weighted by Crippen LogP contribution is 2.35. The van der Waals surface area contributed by atoms with Crippen molar-refractivity contribution >= 4 is 5.91 Å². The Balaban J connectivity index is 1.86. The first kappa shape index (κ1) is 14.3. The monoisotopic (exact) mass is 292 g/mol. The van der Waals surface area contributed by atoms with Crippen LogP contribution >= 0.6 is 0 Å². The van der Waals surface area contributed by atoms with E-state index in [4.69, 9.17) is 4.74 Å². The molecule has 4 nitrogen and oxygen atoms in total. The molecule has 1 saturated carbocycles. The lowest BCUT2D eigenvalue weighted by molar-refractivity contribution is -0.130. The third-order valence-corrected chi connectivity index (χ3v) is 4.56. The normalized spacial score (nSPS) is 29.2. The summed E-state index contributed by atoms with van der Waals surface area (Å²) >= 11 is 0. The van der Waals surface area contributed by atoms with E-state index in [1.165, 1.54) is 13.2 Å². The van der Waals surface area contributed by atoms with E-state index in [1.54, 1.807) is 6.07 Å². The molecule has 2 fully saturated rings. The summed E-state index contributed by atoms with van der Waals surface area (Å²) in [5.74, 6) is 0.590. The summed E-state index contributed by atoms with van der Waals surface area (Å²) in [5, 5.41) is 3.20. The number of halogens is 1. The van der Waals surface area contributed by atoms with Crippen molar-refractivity contribution in [3.63, 3.8) is 0 Å². The molecule has 3 atom stereocenters. The topological polar surface area (TPSA) is 41.6 Å². The molecule has 3 unspecified atom stereocenters. The SMILES string of the molecule is COc1ccc(C2NCC(=O)N2C2CCC(C)C2)cc1F. The quantitative estimate of drug-likeness (QED) is 0.930. The average Bonchev–Trinajstić information content (AvgIpc) is 3.04. The van der Waals surface area contributed by atoms with Crippen molar-refractivity contribution < 1.29 is 13.9 Å². The van der Waals surface area contributed by atoms with Crippen LogP contribution in [0.2, 0.25) is 0 Å². The molecule has 2 aliphatic rings. The first-order chi connectivity index (χ1) is 10.1. The first-order valence-electron chi connectivity index (χ1n) is 7.48. The molecule has 1 N–H and O–H groups in total. The van der Waals surface area contributed by atoms with Crippen LogP contribution < -0.4 is 10.1 Å². The Morgan fingerprint density at radius 3 is 2.81 bits per heavy atom. The molecule has 1 aromatic carbocycles. The van der Waals surface area contributed by atoms with Gasteiger partial charge in [0, 0.05) is 6.04 Å². The summed E-state index contributed by atoms with van der Waals surface area (Å²) in [4.78, 5) is 14.1. The number of amides is 1. The molecular formula is C16H21FN2O2. The zero-order chi connectivity index (χ0) is 15.0. The predicted octanol–water partition coefficient (Wildman–Crippen LogP) is 2.45. The Morgan fingerprint density at radius 1 is 1.38 bits per heavy atom. The van der Waals surface area contributed by atoms with Gasteiger partial charge in [0.05, 0.1) is 13.7 Å². The largest absolute Gasteiger partial charge is 0.494 e. The second-order valence-electron chi connectivity index (χ2n) is 6.05. The third kappa shape index (κ3) is 2.62. The van der Waals surface area contributed by atoms with Crippen molar-refractivity contribution in [3.05, 3.63) is 29.6 Å². The molecule has 0 bridgehead atoms. The standard InChI is InChI=1S/C16H21FN2O2/c1-10-3-5-12(7-10)19-15(20)9-18-16(19)11-4-6-14(21-2)13(17)8-11/h4,6,8,10,12,16,18H,3,5,7,9H2,1-2H3. The first-order valence-corrected chi connectivity index (χ1v) is 7.48. The van der Waals surface area contributed by atoms with Crippen molar-refractivity contribution in [1.82, 2.24) is 10.2 Å². The van der Waals surface area contributed by atoms with E-state index in [9.17, 15) is 9.18 Å². The van der Waals surface area contributed by atoms with Gasteiger partial charge >= 0.3 is 0 Å². The molecular weight excluding hydrogens is 271 g/mol. The van der Waals surface area contributed by atoms with Gasteiger partial charge < -0.3 is 9.64 Å². The van der Waals surface area contributed by atoms with Gasteiger partial charge in [0.15, 0.2) is 11.6 Å². The zero-order valence-electron chi connectivity index (χ0n) is 12.4. The lowest BCUT2D eigenvalue weighted by Crippen LogP contribution is -2.38. The van der Waals surface area contributed by atoms with E-state index in [0.717, 1.165) is 24.8 Å². The van der Waals surface area contributed by atoms with Crippen LogP contribution in [0.3, 0.4) is 0 Å². The van der Waals surface area contributed by atoms with E-state index in [2.05, 4.69) is 12.2 Å². The van der Waals surface area contributed by atoms with E-state index in [1.807, 2.05) is 11.0 Å². The second-order valence-corrected chi connectivity index (χ2v) is 6.05. The maximum atomic E-state index is 13.9. The summed E-state index contributed by atoms with van der Waals surface area (Å²) in [6.07, 6.45) is 2.98. The smallest absolute Gasteiger partial charge is 0.238 e. The van der Waals surface area contributed by atoms with Crippen LogP contribution in [-0.4, -0.2) is 30.5 Å². The lowest BCUT2D eigenvalue weighted by atomic mass is 10.1. The molecule has 1 aromatic rings. The van der Waals surface area contributed by atoms with Crippen molar-refractivity contribution in [3.8, 4) is 5.75 Å². The minimum absolute atomic E-state index is 0.107. The molecule has 1 aliphatic carbocycles. The third-order valence-electron chi connectivity index (χ3n) is 4.56. The van der Waals surface area contributed by atoms with Gasteiger partial charge in [-0.1, -0.05) is 13.0 Å². The van der Waals surface area contributed by atoms with Crippen molar-refractivity contribution in [2.75, 3.05) is 13.7 Å². The molecule has 1 aliphatic heterocycles. The van der Waals surface area contributed by atoms with E-state index in [-0.39, 0.29) is 23.9 Å².